The van der Waals surface area contributed by atoms with Crippen molar-refractivity contribution in [3.63, 3.8) is 0 Å². The minimum atomic E-state index is -3.72. The number of rotatable bonds is 10. The van der Waals surface area contributed by atoms with Gasteiger partial charge in [0.05, 0.1) is 18.5 Å². The van der Waals surface area contributed by atoms with Crippen LogP contribution in [0.4, 0.5) is 5.69 Å². The largest absolute Gasteiger partial charge is 0.491 e. The Hall–Kier alpha value is -3.52. The van der Waals surface area contributed by atoms with E-state index in [4.69, 9.17) is 9.47 Å². The fraction of sp³-hybridized carbons (Fsp3) is 0.269. The van der Waals surface area contributed by atoms with Gasteiger partial charge in [-0.25, -0.2) is 8.42 Å². The summed E-state index contributed by atoms with van der Waals surface area (Å²) in [4.78, 5) is 12.7. The van der Waals surface area contributed by atoms with E-state index in [-0.39, 0.29) is 13.2 Å². The predicted molar refractivity (Wildman–Crippen MR) is 134 cm³/mol. The summed E-state index contributed by atoms with van der Waals surface area (Å²) < 4.78 is 37.7. The summed E-state index contributed by atoms with van der Waals surface area (Å²) in [6.07, 6.45) is 1.08. The van der Waals surface area contributed by atoms with Crippen LogP contribution in [-0.2, 0) is 14.8 Å². The molecule has 0 spiro atoms. The van der Waals surface area contributed by atoms with Gasteiger partial charge < -0.3 is 14.8 Å². The molecule has 34 heavy (non-hydrogen) atoms. The smallest absolute Gasteiger partial charge is 0.243 e. The molecule has 0 radical (unpaired) electrons. The molecule has 0 bridgehead atoms. The van der Waals surface area contributed by atoms with Crippen molar-refractivity contribution in [1.29, 1.82) is 0 Å². The predicted octanol–water partition coefficient (Wildman–Crippen LogP) is 4.45. The molecule has 3 rings (SSSR count). The second-order valence-corrected chi connectivity index (χ2v) is 9.84. The number of hydrogen-bond donors (Lipinski definition) is 1. The number of hydrogen-bond acceptors (Lipinski definition) is 5. The zero-order valence-electron chi connectivity index (χ0n) is 19.8. The van der Waals surface area contributed by atoms with Crippen LogP contribution in [0, 0.1) is 13.8 Å². The van der Waals surface area contributed by atoms with Gasteiger partial charge in [0.25, 0.3) is 0 Å². The second-order valence-electron chi connectivity index (χ2n) is 7.98. The van der Waals surface area contributed by atoms with Gasteiger partial charge >= 0.3 is 0 Å². The summed E-state index contributed by atoms with van der Waals surface area (Å²) in [5.41, 5.74) is 2.54. The highest BCUT2D eigenvalue weighted by molar-refractivity contribution is 7.92. The summed E-state index contributed by atoms with van der Waals surface area (Å²) >= 11 is 0. The first-order valence-corrected chi connectivity index (χ1v) is 12.8. The van der Waals surface area contributed by atoms with E-state index < -0.39 is 22.0 Å². The minimum absolute atomic E-state index is 0.248. The van der Waals surface area contributed by atoms with Crippen molar-refractivity contribution in [2.45, 2.75) is 26.8 Å². The van der Waals surface area contributed by atoms with Crippen LogP contribution in [0.5, 0.6) is 17.2 Å². The Morgan fingerprint density at radius 3 is 2.24 bits per heavy atom. The van der Waals surface area contributed by atoms with Crippen LogP contribution >= 0.6 is 0 Å². The average molecular weight is 483 g/mol. The highest BCUT2D eigenvalue weighted by Gasteiger charge is 2.29. The Morgan fingerprint density at radius 2 is 1.59 bits per heavy atom. The highest BCUT2D eigenvalue weighted by Crippen LogP contribution is 2.27. The van der Waals surface area contributed by atoms with Crippen molar-refractivity contribution in [3.05, 3.63) is 83.9 Å². The van der Waals surface area contributed by atoms with Crippen LogP contribution in [0.25, 0.3) is 0 Å². The Kier molecular flexibility index (Phi) is 8.17. The third-order valence-electron chi connectivity index (χ3n) is 5.37. The van der Waals surface area contributed by atoms with E-state index in [2.05, 4.69) is 5.32 Å². The fourth-order valence-electron chi connectivity index (χ4n) is 3.46. The lowest BCUT2D eigenvalue weighted by Crippen LogP contribution is -2.48. The first kappa shape index (κ1) is 25.1. The van der Waals surface area contributed by atoms with E-state index in [1.54, 1.807) is 31.2 Å². The summed E-state index contributed by atoms with van der Waals surface area (Å²) in [5.74, 6) is 1.58. The molecule has 1 N–H and O–H groups in total. The maximum Gasteiger partial charge on any atom is 0.243 e. The van der Waals surface area contributed by atoms with Gasteiger partial charge in [0, 0.05) is 0 Å². The van der Waals surface area contributed by atoms with Gasteiger partial charge in [-0.2, -0.15) is 0 Å². The highest BCUT2D eigenvalue weighted by atomic mass is 32.2. The van der Waals surface area contributed by atoms with Crippen molar-refractivity contribution in [2.75, 3.05) is 23.7 Å². The number of amides is 1. The standard InChI is InChI=1S/C26H30N2O5S/c1-19-9-8-12-25(20(19)2)32-18-17-27-26(29)21(3)28(34(4,30)31)22-13-15-24(16-14-22)33-23-10-6-5-7-11-23/h5-16,21H,17-18H2,1-4H3,(H,27,29)/t21-/m0/s1. The Labute approximate surface area is 201 Å². The van der Waals surface area contributed by atoms with E-state index >= 15 is 0 Å². The lowest BCUT2D eigenvalue weighted by Gasteiger charge is -2.28. The number of para-hydroxylation sites is 1. The number of carbonyl (C=O) groups excluding carboxylic acids is 1. The molecule has 1 amide bonds. The van der Waals surface area contributed by atoms with E-state index in [9.17, 15) is 13.2 Å². The maximum atomic E-state index is 12.7. The van der Waals surface area contributed by atoms with E-state index in [0.29, 0.717) is 17.2 Å². The van der Waals surface area contributed by atoms with Gasteiger partial charge in [0.15, 0.2) is 0 Å². The molecule has 0 aliphatic heterocycles. The van der Waals surface area contributed by atoms with Gasteiger partial charge in [0.1, 0.15) is 29.9 Å². The Morgan fingerprint density at radius 1 is 0.941 bits per heavy atom. The molecule has 8 heteroatoms. The normalized spacial score (nSPS) is 12.0. The lowest BCUT2D eigenvalue weighted by atomic mass is 10.1. The van der Waals surface area contributed by atoms with Gasteiger partial charge in [-0.1, -0.05) is 30.3 Å². The number of sulfonamides is 1. The van der Waals surface area contributed by atoms with Crippen molar-refractivity contribution in [2.24, 2.45) is 0 Å². The molecular weight excluding hydrogens is 452 g/mol. The van der Waals surface area contributed by atoms with Crippen molar-refractivity contribution in [1.82, 2.24) is 5.32 Å². The van der Waals surface area contributed by atoms with Gasteiger partial charge in [-0.05, 0) is 74.4 Å². The van der Waals surface area contributed by atoms with E-state index in [0.717, 1.165) is 27.4 Å². The number of nitrogens with one attached hydrogen (secondary N) is 1. The number of aryl methyl sites for hydroxylation is 1. The van der Waals surface area contributed by atoms with Crippen LogP contribution in [0.2, 0.25) is 0 Å². The summed E-state index contributed by atoms with van der Waals surface area (Å²) in [7, 11) is -3.72. The molecule has 7 nitrogen and oxygen atoms in total. The number of anilines is 1. The zero-order valence-corrected chi connectivity index (χ0v) is 20.6. The van der Waals surface area contributed by atoms with Crippen LogP contribution in [-0.4, -0.2) is 39.8 Å². The van der Waals surface area contributed by atoms with Crippen LogP contribution < -0.4 is 19.1 Å². The van der Waals surface area contributed by atoms with Crippen LogP contribution in [0.15, 0.2) is 72.8 Å². The molecule has 0 aliphatic rings. The number of nitrogens with zero attached hydrogens (tertiary/aromatic N) is 1. The van der Waals surface area contributed by atoms with Crippen molar-refractivity contribution in [3.8, 4) is 17.2 Å². The van der Waals surface area contributed by atoms with Crippen molar-refractivity contribution >= 4 is 21.6 Å². The summed E-state index contributed by atoms with van der Waals surface area (Å²) in [5, 5.41) is 2.76. The molecule has 0 fully saturated rings. The molecule has 3 aromatic rings. The molecule has 3 aromatic carbocycles. The van der Waals surface area contributed by atoms with Gasteiger partial charge in [-0.15, -0.1) is 0 Å². The molecular formula is C26H30N2O5S. The molecule has 0 unspecified atom stereocenters. The maximum absolute atomic E-state index is 12.7. The molecule has 1 atom stereocenters. The summed E-state index contributed by atoms with van der Waals surface area (Å²) in [6.45, 7) is 6.05. The average Bonchev–Trinajstić information content (AvgIpc) is 2.80. The second kappa shape index (κ2) is 11.1. The Bertz CT molecular complexity index is 1210. The number of ether oxygens (including phenoxy) is 2. The van der Waals surface area contributed by atoms with Gasteiger partial charge in [0.2, 0.25) is 15.9 Å². The van der Waals surface area contributed by atoms with E-state index in [1.807, 2.05) is 62.4 Å². The number of benzene rings is 3. The lowest BCUT2D eigenvalue weighted by molar-refractivity contribution is -0.121. The SMILES string of the molecule is Cc1cccc(OCCNC(=O)[C@H](C)N(c2ccc(Oc3ccccc3)cc2)S(C)(=O)=O)c1C. The topological polar surface area (TPSA) is 84.9 Å². The molecule has 0 heterocycles. The monoisotopic (exact) mass is 482 g/mol. The van der Waals surface area contributed by atoms with Crippen LogP contribution in [0.1, 0.15) is 18.1 Å². The quantitative estimate of drug-likeness (QED) is 0.432. The third-order valence-corrected chi connectivity index (χ3v) is 6.61. The molecule has 0 saturated heterocycles. The molecule has 0 aromatic heterocycles. The molecule has 180 valence electrons. The minimum Gasteiger partial charge on any atom is -0.491 e. The molecule has 0 aliphatic carbocycles. The molecule has 0 saturated carbocycles. The van der Waals surface area contributed by atoms with Crippen LogP contribution in [0.3, 0.4) is 0 Å². The van der Waals surface area contributed by atoms with E-state index in [1.165, 1.54) is 0 Å². The van der Waals surface area contributed by atoms with Gasteiger partial charge in [-0.3, -0.25) is 9.10 Å². The zero-order chi connectivity index (χ0) is 24.7. The summed E-state index contributed by atoms with van der Waals surface area (Å²) in [6, 6.07) is 20.7. The first-order chi connectivity index (χ1) is 16.2. The Balaban J connectivity index is 1.62. The van der Waals surface area contributed by atoms with Crippen molar-refractivity contribution < 1.29 is 22.7 Å². The first-order valence-electron chi connectivity index (χ1n) is 11.0. The third kappa shape index (κ3) is 6.51. The number of carbonyl (C=O) groups is 1. The fourth-order valence-corrected chi connectivity index (χ4v) is 4.63.